The SMILES string of the molecule is C=CC(=NC(=C)c1ccccc1)C(=N)CC. The first kappa shape index (κ1) is 12.1. The largest absolute Gasteiger partial charge is 0.303 e. The molecule has 0 aliphatic heterocycles. The molecular formula is C14H16N2. The van der Waals surface area contributed by atoms with Gasteiger partial charge in [-0.1, -0.05) is 50.4 Å². The van der Waals surface area contributed by atoms with Crippen molar-refractivity contribution in [2.45, 2.75) is 13.3 Å². The average molecular weight is 212 g/mol. The standard InChI is InChI=1S/C14H16N2/c1-4-13(15)14(5-2)16-11(3)12-9-7-6-8-10-12/h5-10,15H,2-4H2,1H3. The Morgan fingerprint density at radius 2 is 2.00 bits per heavy atom. The van der Waals surface area contributed by atoms with Crippen molar-refractivity contribution >= 4 is 17.1 Å². The molecule has 0 atom stereocenters. The van der Waals surface area contributed by atoms with Crippen molar-refractivity contribution in [2.24, 2.45) is 4.99 Å². The van der Waals surface area contributed by atoms with Crippen LogP contribution < -0.4 is 0 Å². The van der Waals surface area contributed by atoms with E-state index in [1.807, 2.05) is 37.3 Å². The fraction of sp³-hybridized carbons (Fsp3) is 0.143. The lowest BCUT2D eigenvalue weighted by Gasteiger charge is -2.03. The molecule has 0 bridgehead atoms. The molecule has 1 rings (SSSR count). The number of nitrogens with zero attached hydrogens (tertiary/aromatic N) is 1. The highest BCUT2D eigenvalue weighted by Crippen LogP contribution is 2.13. The van der Waals surface area contributed by atoms with Gasteiger partial charge in [-0.25, -0.2) is 4.99 Å². The molecule has 1 N–H and O–H groups in total. The normalized spacial score (nSPS) is 10.9. The number of allylic oxidation sites excluding steroid dienone is 1. The van der Waals surface area contributed by atoms with Crippen molar-refractivity contribution in [1.82, 2.24) is 0 Å². The fourth-order valence-corrected chi connectivity index (χ4v) is 1.26. The summed E-state index contributed by atoms with van der Waals surface area (Å²) in [6.07, 6.45) is 2.24. The maximum absolute atomic E-state index is 7.71. The van der Waals surface area contributed by atoms with E-state index >= 15 is 0 Å². The zero-order chi connectivity index (χ0) is 12.0. The van der Waals surface area contributed by atoms with Gasteiger partial charge in [0.2, 0.25) is 0 Å². The molecule has 0 radical (unpaired) electrons. The summed E-state index contributed by atoms with van der Waals surface area (Å²) >= 11 is 0. The van der Waals surface area contributed by atoms with Crippen LogP contribution in [0.4, 0.5) is 0 Å². The van der Waals surface area contributed by atoms with E-state index in [9.17, 15) is 0 Å². The first-order chi connectivity index (χ1) is 7.69. The van der Waals surface area contributed by atoms with E-state index in [2.05, 4.69) is 18.2 Å². The Morgan fingerprint density at radius 3 is 2.50 bits per heavy atom. The molecule has 0 unspecified atom stereocenters. The van der Waals surface area contributed by atoms with Crippen LogP contribution in [0.3, 0.4) is 0 Å². The summed E-state index contributed by atoms with van der Waals surface area (Å²) in [5.74, 6) is 0. The third-order valence-corrected chi connectivity index (χ3v) is 2.22. The van der Waals surface area contributed by atoms with E-state index in [0.717, 1.165) is 5.56 Å². The molecule has 16 heavy (non-hydrogen) atoms. The lowest BCUT2D eigenvalue weighted by molar-refractivity contribution is 1.27. The van der Waals surface area contributed by atoms with Gasteiger partial charge in [0.05, 0.1) is 17.1 Å². The highest BCUT2D eigenvalue weighted by atomic mass is 14.8. The van der Waals surface area contributed by atoms with E-state index in [4.69, 9.17) is 5.41 Å². The maximum Gasteiger partial charge on any atom is 0.0838 e. The number of nitrogens with one attached hydrogen (secondary N) is 1. The molecule has 0 amide bonds. The molecule has 0 heterocycles. The Morgan fingerprint density at radius 1 is 1.38 bits per heavy atom. The molecule has 1 aromatic rings. The maximum atomic E-state index is 7.71. The summed E-state index contributed by atoms with van der Waals surface area (Å²) in [5, 5.41) is 7.71. The highest BCUT2D eigenvalue weighted by molar-refractivity contribution is 6.45. The summed E-state index contributed by atoms with van der Waals surface area (Å²) in [6.45, 7) is 9.48. The van der Waals surface area contributed by atoms with E-state index in [-0.39, 0.29) is 0 Å². The first-order valence-electron chi connectivity index (χ1n) is 5.22. The molecule has 2 heteroatoms. The first-order valence-corrected chi connectivity index (χ1v) is 5.22. The second kappa shape index (κ2) is 5.81. The van der Waals surface area contributed by atoms with Crippen molar-refractivity contribution in [3.05, 3.63) is 55.1 Å². The molecule has 82 valence electrons. The van der Waals surface area contributed by atoms with Crippen LogP contribution in [0.2, 0.25) is 0 Å². The molecule has 0 aliphatic carbocycles. The Labute approximate surface area is 96.6 Å². The molecular weight excluding hydrogens is 196 g/mol. The predicted octanol–water partition coefficient (Wildman–Crippen LogP) is 3.71. The smallest absolute Gasteiger partial charge is 0.0838 e. The highest BCUT2D eigenvalue weighted by Gasteiger charge is 2.02. The van der Waals surface area contributed by atoms with Gasteiger partial charge in [0, 0.05) is 0 Å². The number of hydrogen-bond acceptors (Lipinski definition) is 2. The summed E-state index contributed by atoms with van der Waals surface area (Å²) in [6, 6.07) is 9.72. The monoisotopic (exact) mass is 212 g/mol. The van der Waals surface area contributed by atoms with Crippen LogP contribution in [-0.2, 0) is 0 Å². The van der Waals surface area contributed by atoms with Crippen molar-refractivity contribution < 1.29 is 0 Å². The Kier molecular flexibility index (Phi) is 4.40. The van der Waals surface area contributed by atoms with Crippen LogP contribution >= 0.6 is 0 Å². The van der Waals surface area contributed by atoms with Crippen LogP contribution in [-0.4, -0.2) is 11.4 Å². The van der Waals surface area contributed by atoms with Gasteiger partial charge in [-0.05, 0) is 18.1 Å². The third kappa shape index (κ3) is 3.02. The van der Waals surface area contributed by atoms with Crippen molar-refractivity contribution in [3.63, 3.8) is 0 Å². The predicted molar refractivity (Wildman–Crippen MR) is 71.1 cm³/mol. The van der Waals surface area contributed by atoms with Gasteiger partial charge in [0.15, 0.2) is 0 Å². The molecule has 0 saturated carbocycles. The van der Waals surface area contributed by atoms with Gasteiger partial charge in [-0.3, -0.25) is 0 Å². The van der Waals surface area contributed by atoms with Gasteiger partial charge in [0.1, 0.15) is 0 Å². The quantitative estimate of drug-likeness (QED) is 0.722. The van der Waals surface area contributed by atoms with E-state index < -0.39 is 0 Å². The van der Waals surface area contributed by atoms with E-state index in [1.165, 1.54) is 0 Å². The number of rotatable bonds is 5. The minimum atomic E-state index is 0.479. The van der Waals surface area contributed by atoms with Gasteiger partial charge < -0.3 is 5.41 Å². The molecule has 0 spiro atoms. The third-order valence-electron chi connectivity index (χ3n) is 2.22. The summed E-state index contributed by atoms with van der Waals surface area (Å²) in [7, 11) is 0. The summed E-state index contributed by atoms with van der Waals surface area (Å²) < 4.78 is 0. The average Bonchev–Trinajstić information content (AvgIpc) is 2.35. The van der Waals surface area contributed by atoms with E-state index in [0.29, 0.717) is 23.5 Å². The molecule has 0 aromatic heterocycles. The van der Waals surface area contributed by atoms with Crippen molar-refractivity contribution in [1.29, 1.82) is 5.41 Å². The zero-order valence-corrected chi connectivity index (χ0v) is 9.53. The topological polar surface area (TPSA) is 36.2 Å². The van der Waals surface area contributed by atoms with Crippen LogP contribution in [0.25, 0.3) is 5.70 Å². The molecule has 0 fully saturated rings. The van der Waals surface area contributed by atoms with Gasteiger partial charge >= 0.3 is 0 Å². The van der Waals surface area contributed by atoms with Crippen LogP contribution in [0.5, 0.6) is 0 Å². The lowest BCUT2D eigenvalue weighted by Crippen LogP contribution is -2.08. The van der Waals surface area contributed by atoms with Gasteiger partial charge in [-0.15, -0.1) is 0 Å². The van der Waals surface area contributed by atoms with Crippen molar-refractivity contribution in [3.8, 4) is 0 Å². The van der Waals surface area contributed by atoms with Crippen LogP contribution in [0.1, 0.15) is 18.9 Å². The van der Waals surface area contributed by atoms with Gasteiger partial charge in [0.25, 0.3) is 0 Å². The summed E-state index contributed by atoms with van der Waals surface area (Å²) in [5.41, 5.74) is 2.70. The minimum Gasteiger partial charge on any atom is -0.303 e. The minimum absolute atomic E-state index is 0.479. The molecule has 2 nitrogen and oxygen atoms in total. The second-order valence-corrected chi connectivity index (χ2v) is 3.35. The Hall–Kier alpha value is -1.96. The summed E-state index contributed by atoms with van der Waals surface area (Å²) in [4.78, 5) is 4.32. The molecule has 0 aliphatic rings. The molecule has 0 saturated heterocycles. The fourth-order valence-electron chi connectivity index (χ4n) is 1.26. The van der Waals surface area contributed by atoms with Crippen molar-refractivity contribution in [2.75, 3.05) is 0 Å². The Balaban J connectivity index is 2.95. The molecule has 1 aromatic carbocycles. The van der Waals surface area contributed by atoms with Crippen LogP contribution in [0.15, 0.2) is 54.6 Å². The second-order valence-electron chi connectivity index (χ2n) is 3.35. The zero-order valence-electron chi connectivity index (χ0n) is 9.53. The van der Waals surface area contributed by atoms with Crippen LogP contribution in [0, 0.1) is 5.41 Å². The lowest BCUT2D eigenvalue weighted by atomic mass is 10.1. The number of benzene rings is 1. The van der Waals surface area contributed by atoms with Gasteiger partial charge in [-0.2, -0.15) is 0 Å². The number of hydrogen-bond donors (Lipinski definition) is 1. The van der Waals surface area contributed by atoms with E-state index in [1.54, 1.807) is 6.08 Å². The Bertz CT molecular complexity index is 427. The number of aliphatic imine (C=N–C) groups is 1.